The molecule has 4 nitrogen and oxygen atoms in total. The van der Waals surface area contributed by atoms with E-state index in [0.717, 1.165) is 0 Å². The van der Waals surface area contributed by atoms with Crippen molar-refractivity contribution in [3.63, 3.8) is 0 Å². The van der Waals surface area contributed by atoms with Crippen LogP contribution in [0.3, 0.4) is 0 Å². The lowest BCUT2D eigenvalue weighted by Gasteiger charge is -2.05. The molecule has 6 heteroatoms. The van der Waals surface area contributed by atoms with Crippen LogP contribution in [0.2, 0.25) is 0 Å². The molecule has 17 heavy (non-hydrogen) atoms. The molecule has 1 aromatic carbocycles. The monoisotopic (exact) mass is 295 g/mol. The van der Waals surface area contributed by atoms with Gasteiger partial charge >= 0.3 is 0 Å². The second kappa shape index (κ2) is 5.01. The highest BCUT2D eigenvalue weighted by atomic mass is 79.9. The second-order valence-corrected chi connectivity index (χ2v) is 4.01. The summed E-state index contributed by atoms with van der Waals surface area (Å²) < 4.78 is 14.1. The maximum Gasteiger partial charge on any atom is 0.146 e. The van der Waals surface area contributed by atoms with Crippen molar-refractivity contribution in [3.8, 4) is 0 Å². The smallest absolute Gasteiger partial charge is 0.146 e. The van der Waals surface area contributed by atoms with Crippen LogP contribution in [0.4, 0.5) is 4.39 Å². The van der Waals surface area contributed by atoms with Crippen molar-refractivity contribution in [2.45, 2.75) is 0 Å². The summed E-state index contributed by atoms with van der Waals surface area (Å²) in [6.07, 6.45) is 1.48. The van der Waals surface area contributed by atoms with Crippen molar-refractivity contribution in [1.29, 1.82) is 0 Å². The Kier molecular flexibility index (Phi) is 3.43. The maximum absolute atomic E-state index is 13.8. The zero-order valence-electron chi connectivity index (χ0n) is 8.51. The van der Waals surface area contributed by atoms with Crippen LogP contribution in [-0.2, 0) is 0 Å². The first-order valence-corrected chi connectivity index (χ1v) is 5.48. The lowest BCUT2D eigenvalue weighted by atomic mass is 10.1. The summed E-state index contributed by atoms with van der Waals surface area (Å²) in [4.78, 5) is 0. The fourth-order valence-electron chi connectivity index (χ4n) is 1.36. The van der Waals surface area contributed by atoms with Crippen LogP contribution in [0, 0.1) is 5.82 Å². The Labute approximate surface area is 105 Å². The third-order valence-corrected chi connectivity index (χ3v) is 2.73. The third-order valence-electron chi connectivity index (χ3n) is 2.12. The van der Waals surface area contributed by atoms with Crippen LogP contribution in [0.15, 0.2) is 46.2 Å². The van der Waals surface area contributed by atoms with Crippen LogP contribution in [0.25, 0.3) is 0 Å². The summed E-state index contributed by atoms with van der Waals surface area (Å²) in [5.41, 5.74) is 0.492. The number of benzene rings is 1. The highest BCUT2D eigenvalue weighted by Gasteiger charge is 2.15. The second-order valence-electron chi connectivity index (χ2n) is 3.16. The lowest BCUT2D eigenvalue weighted by Crippen LogP contribution is -2.09. The average molecular weight is 296 g/mol. The minimum Gasteiger partial charge on any atom is -0.410 e. The summed E-state index contributed by atoms with van der Waals surface area (Å²) in [7, 11) is 0. The number of oxime groups is 1. The molecule has 0 atom stereocenters. The Morgan fingerprint density at radius 3 is 2.76 bits per heavy atom. The fraction of sp³-hybridized carbons (Fsp3) is 0. The van der Waals surface area contributed by atoms with E-state index in [1.54, 1.807) is 24.3 Å². The Morgan fingerprint density at radius 2 is 2.12 bits per heavy atom. The molecule has 1 N–H and O–H groups in total. The molecule has 0 unspecified atom stereocenters. The van der Waals surface area contributed by atoms with Crippen molar-refractivity contribution in [1.82, 2.24) is 10.2 Å². The molecule has 0 amide bonds. The van der Waals surface area contributed by atoms with Gasteiger partial charge in [-0.3, -0.25) is 0 Å². The first-order chi connectivity index (χ1) is 8.24. The summed E-state index contributed by atoms with van der Waals surface area (Å²) in [6, 6.07) is 7.92. The van der Waals surface area contributed by atoms with Crippen LogP contribution < -0.4 is 0 Å². The van der Waals surface area contributed by atoms with Gasteiger partial charge in [-0.25, -0.2) is 4.39 Å². The zero-order chi connectivity index (χ0) is 12.3. The highest BCUT2D eigenvalue weighted by molar-refractivity contribution is 9.10. The van der Waals surface area contributed by atoms with Crippen LogP contribution >= 0.6 is 15.9 Å². The quantitative estimate of drug-likeness (QED) is 0.526. The molecular weight excluding hydrogens is 289 g/mol. The van der Waals surface area contributed by atoms with E-state index < -0.39 is 5.82 Å². The van der Waals surface area contributed by atoms with Crippen molar-refractivity contribution in [2.75, 3.05) is 0 Å². The summed E-state index contributed by atoms with van der Waals surface area (Å²) >= 11 is 3.07. The third kappa shape index (κ3) is 2.31. The van der Waals surface area contributed by atoms with Gasteiger partial charge in [-0.05, 0) is 40.2 Å². The molecule has 2 rings (SSSR count). The molecule has 0 radical (unpaired) electrons. The van der Waals surface area contributed by atoms with Gasteiger partial charge in [0, 0.05) is 11.8 Å². The normalized spacial score (nSPS) is 11.5. The Morgan fingerprint density at radius 1 is 1.29 bits per heavy atom. The standard InChI is InChI=1S/C11H7BrFN3O/c12-8-4-1-3-7(10(8)13)11(16-17)9-5-2-6-14-15-9/h1-6,17H/b16-11+. The molecule has 0 aliphatic carbocycles. The minimum atomic E-state index is -0.508. The maximum atomic E-state index is 13.8. The predicted molar refractivity (Wildman–Crippen MR) is 63.6 cm³/mol. The lowest BCUT2D eigenvalue weighted by molar-refractivity contribution is 0.319. The van der Waals surface area contributed by atoms with E-state index in [1.165, 1.54) is 12.3 Å². The van der Waals surface area contributed by atoms with Crippen LogP contribution in [0.5, 0.6) is 0 Å². The van der Waals surface area contributed by atoms with Crippen molar-refractivity contribution < 1.29 is 9.60 Å². The summed E-state index contributed by atoms with van der Waals surface area (Å²) in [5, 5.41) is 19.5. The fourth-order valence-corrected chi connectivity index (χ4v) is 1.72. The van der Waals surface area contributed by atoms with Gasteiger partial charge in [-0.15, -0.1) is 5.10 Å². The molecule has 1 aromatic heterocycles. The topological polar surface area (TPSA) is 58.4 Å². The van der Waals surface area contributed by atoms with E-state index in [0.29, 0.717) is 10.2 Å². The Balaban J connectivity index is 2.55. The largest absolute Gasteiger partial charge is 0.410 e. The zero-order valence-corrected chi connectivity index (χ0v) is 10.1. The highest BCUT2D eigenvalue weighted by Crippen LogP contribution is 2.20. The molecular formula is C11H7BrFN3O. The summed E-state index contributed by atoms with van der Waals surface area (Å²) in [6.45, 7) is 0. The van der Waals surface area contributed by atoms with Crippen LogP contribution in [-0.4, -0.2) is 21.1 Å². The molecule has 1 heterocycles. The number of rotatable bonds is 2. The number of halogens is 2. The molecule has 0 aliphatic rings. The Bertz CT molecular complexity index is 560. The van der Waals surface area contributed by atoms with Gasteiger partial charge < -0.3 is 5.21 Å². The number of nitrogens with zero attached hydrogens (tertiary/aromatic N) is 3. The summed E-state index contributed by atoms with van der Waals surface area (Å²) in [5.74, 6) is -0.508. The first-order valence-electron chi connectivity index (χ1n) is 4.68. The van der Waals surface area contributed by atoms with Gasteiger partial charge in [0.1, 0.15) is 17.2 Å². The number of hydrogen-bond donors (Lipinski definition) is 1. The van der Waals surface area contributed by atoms with Gasteiger partial charge in [-0.2, -0.15) is 5.10 Å². The van der Waals surface area contributed by atoms with E-state index in [1.807, 2.05) is 0 Å². The molecule has 2 aromatic rings. The van der Waals surface area contributed by atoms with Gasteiger partial charge in [0.05, 0.1) is 4.47 Å². The van der Waals surface area contributed by atoms with Gasteiger partial charge in [0.25, 0.3) is 0 Å². The molecule has 0 saturated heterocycles. The van der Waals surface area contributed by atoms with Gasteiger partial charge in [0.2, 0.25) is 0 Å². The van der Waals surface area contributed by atoms with Gasteiger partial charge in [0.15, 0.2) is 0 Å². The molecule has 86 valence electrons. The minimum absolute atomic E-state index is 0.0388. The number of hydrogen-bond acceptors (Lipinski definition) is 4. The van der Waals surface area contributed by atoms with Crippen molar-refractivity contribution in [2.24, 2.45) is 5.16 Å². The van der Waals surface area contributed by atoms with E-state index in [4.69, 9.17) is 5.21 Å². The SMILES string of the molecule is O/N=C(/c1cccnn1)c1cccc(Br)c1F. The molecule has 0 aliphatic heterocycles. The van der Waals surface area contributed by atoms with E-state index >= 15 is 0 Å². The van der Waals surface area contributed by atoms with E-state index in [2.05, 4.69) is 31.3 Å². The average Bonchev–Trinajstić information content (AvgIpc) is 2.37. The van der Waals surface area contributed by atoms with Crippen LogP contribution in [0.1, 0.15) is 11.3 Å². The number of aromatic nitrogens is 2. The Hall–Kier alpha value is -1.82. The van der Waals surface area contributed by atoms with Gasteiger partial charge in [-0.1, -0.05) is 11.2 Å². The van der Waals surface area contributed by atoms with Crippen molar-refractivity contribution in [3.05, 3.63) is 58.1 Å². The van der Waals surface area contributed by atoms with Crippen molar-refractivity contribution >= 4 is 21.6 Å². The predicted octanol–water partition coefficient (Wildman–Crippen LogP) is 2.60. The molecule has 0 bridgehead atoms. The molecule has 0 saturated carbocycles. The molecule has 0 fully saturated rings. The van der Waals surface area contributed by atoms with E-state index in [-0.39, 0.29) is 11.3 Å². The molecule has 0 spiro atoms. The van der Waals surface area contributed by atoms with E-state index in [9.17, 15) is 4.39 Å². The first kappa shape index (κ1) is 11.7.